The summed E-state index contributed by atoms with van der Waals surface area (Å²) in [7, 11) is 0. The molecule has 0 radical (unpaired) electrons. The fourth-order valence-corrected chi connectivity index (χ4v) is 2.20. The van der Waals surface area contributed by atoms with Gasteiger partial charge in [0.2, 0.25) is 0 Å². The Kier molecular flexibility index (Phi) is 1.33. The molecule has 0 unspecified atom stereocenters. The Morgan fingerprint density at radius 3 is 2.79 bits per heavy atom. The van der Waals surface area contributed by atoms with E-state index in [0.717, 1.165) is 0 Å². The fraction of sp³-hybridized carbons (Fsp3) is 0.316. The van der Waals surface area contributed by atoms with Crippen LogP contribution >= 0.6 is 11.6 Å². The monoisotopic (exact) mass is 358 g/mol. The first-order chi connectivity index (χ1) is 18.8. The molecule has 1 N–H and O–H groups in total. The SMILES string of the molecule is [2H]c1c([2H])c2c(c([2H])c1C)C(N1C([2H])([2H])C([2H])([2H])N(C([2H])([2H])[2H])C([2H])([2H])C1([2H])[2H])=Nc1c([2H])c(Cl)c([2H])c([2H])c1N2[2H]. The molecule has 0 spiro atoms. The van der Waals surface area contributed by atoms with Gasteiger partial charge in [0.05, 0.1) is 25.1 Å². The minimum atomic E-state index is -3.85. The molecule has 0 aromatic heterocycles. The Bertz CT molecular complexity index is 1520. The molecule has 124 valence electrons. The van der Waals surface area contributed by atoms with Crippen molar-refractivity contribution in [3.63, 3.8) is 0 Å². The number of benzene rings is 2. The molecule has 2 aliphatic rings. The average Bonchev–Trinajstić information content (AvgIpc) is 2.95. The van der Waals surface area contributed by atoms with Crippen molar-refractivity contribution in [3.8, 4) is 0 Å². The molecule has 2 aliphatic heterocycles. The van der Waals surface area contributed by atoms with E-state index in [1.165, 1.54) is 6.92 Å². The van der Waals surface area contributed by atoms with Crippen LogP contribution in [0, 0.1) is 6.92 Å². The van der Waals surface area contributed by atoms with Gasteiger partial charge in [0.15, 0.2) is 1.41 Å². The van der Waals surface area contributed by atoms with Gasteiger partial charge in [-0.05, 0) is 44.1 Å². The van der Waals surface area contributed by atoms with E-state index >= 15 is 0 Å². The van der Waals surface area contributed by atoms with Crippen LogP contribution in [0.3, 0.4) is 0 Å². The van der Waals surface area contributed by atoms with Crippen molar-refractivity contribution in [1.29, 1.82) is 0 Å². The lowest BCUT2D eigenvalue weighted by Gasteiger charge is -2.34. The van der Waals surface area contributed by atoms with E-state index in [0.29, 0.717) is 0 Å². The predicted octanol–water partition coefficient (Wildman–Crippen LogP) is 4.03. The van der Waals surface area contributed by atoms with Crippen LogP contribution in [0.5, 0.6) is 0 Å². The second-order valence-corrected chi connectivity index (χ2v) is 5.15. The maximum Gasteiger partial charge on any atom is 0.167 e. The van der Waals surface area contributed by atoms with Crippen LogP contribution in [0.4, 0.5) is 17.1 Å². The van der Waals surface area contributed by atoms with Crippen molar-refractivity contribution in [1.82, 2.24) is 9.80 Å². The molecule has 1 saturated heterocycles. The van der Waals surface area contributed by atoms with Gasteiger partial charge < -0.3 is 15.1 Å². The molecule has 0 saturated carbocycles. The van der Waals surface area contributed by atoms with Gasteiger partial charge in [-0.1, -0.05) is 23.2 Å². The van der Waals surface area contributed by atoms with Crippen LogP contribution in [-0.4, -0.2) is 48.6 Å². The summed E-state index contributed by atoms with van der Waals surface area (Å²) < 4.78 is 151. The largest absolute Gasteiger partial charge is 0.353 e. The molecule has 2 aromatic rings. The van der Waals surface area contributed by atoms with Crippen LogP contribution in [0.15, 0.2) is 41.2 Å². The molecule has 2 aromatic carbocycles. The summed E-state index contributed by atoms with van der Waals surface area (Å²) in [5.74, 6) is -1.14. The highest BCUT2D eigenvalue weighted by molar-refractivity contribution is 6.31. The maximum absolute atomic E-state index is 8.76. The van der Waals surface area contributed by atoms with E-state index in [2.05, 4.69) is 4.99 Å². The van der Waals surface area contributed by atoms with Crippen molar-refractivity contribution in [3.05, 3.63) is 52.4 Å². The van der Waals surface area contributed by atoms with Crippen LogP contribution < -0.4 is 5.31 Å². The van der Waals surface area contributed by atoms with Crippen LogP contribution in [-0.2, 0) is 0 Å². The Labute approximate surface area is 173 Å². The molecular weight excluding hydrogens is 320 g/mol. The summed E-state index contributed by atoms with van der Waals surface area (Å²) in [6, 6.07) is -4.56. The number of piperazine rings is 1. The number of anilines is 2. The van der Waals surface area contributed by atoms with Crippen molar-refractivity contribution in [2.45, 2.75) is 6.92 Å². The Morgan fingerprint density at radius 1 is 1.21 bits per heavy atom. The molecule has 5 heteroatoms. The highest BCUT2D eigenvalue weighted by Gasteiger charge is 2.24. The van der Waals surface area contributed by atoms with E-state index in [9.17, 15) is 0 Å². The average molecular weight is 359 g/mol. The minimum absolute atomic E-state index is 0.184. The number of fused-ring (bicyclic) bond motifs is 2. The smallest absolute Gasteiger partial charge is 0.167 e. The van der Waals surface area contributed by atoms with Gasteiger partial charge in [0, 0.05) is 51.9 Å². The predicted molar refractivity (Wildman–Crippen MR) is 101 cm³/mol. The number of hydrogen-bond donors (Lipinski definition) is 1. The molecule has 0 amide bonds. The number of nitrogens with one attached hydrogen (secondary N) is 1. The molecule has 24 heavy (non-hydrogen) atoms. The van der Waals surface area contributed by atoms with E-state index in [1.807, 2.05) is 0 Å². The Balaban J connectivity index is 2.29. The van der Waals surface area contributed by atoms with Gasteiger partial charge in [-0.2, -0.15) is 0 Å². The number of amidine groups is 1. The summed E-state index contributed by atoms with van der Waals surface area (Å²) in [5.41, 5.74) is -3.27. The van der Waals surface area contributed by atoms with E-state index in [-0.39, 0.29) is 15.8 Å². The van der Waals surface area contributed by atoms with Gasteiger partial charge in [-0.25, -0.2) is 4.99 Å². The molecule has 1 fully saturated rings. The zero-order chi connectivity index (χ0) is 32.4. The van der Waals surface area contributed by atoms with Gasteiger partial charge in [-0.3, -0.25) is 0 Å². The first-order valence-electron chi connectivity index (χ1n) is 15.6. The standard InChI is InChI=1S/C19H21ClN4/c1-13-3-5-16-15(11-13)19(24-9-7-23(2)8-10-24)22-18-12-14(20)4-6-17(18)21-16/h3-6,11-12,21H,7-10H2,1-2H3/i2D3,3D,4D,5D,6D,7D2,8D2,9D2,10D2,11D,12D/hD. The summed E-state index contributed by atoms with van der Waals surface area (Å²) in [6.07, 6.45) is 0. The third-order valence-electron chi connectivity index (χ3n) is 3.08. The molecule has 0 atom stereocenters. The highest BCUT2D eigenvalue weighted by Crippen LogP contribution is 2.36. The molecule has 4 nitrogen and oxygen atoms in total. The zero-order valence-corrected chi connectivity index (χ0v) is 12.9. The van der Waals surface area contributed by atoms with Gasteiger partial charge in [0.1, 0.15) is 5.84 Å². The van der Waals surface area contributed by atoms with E-state index in [1.54, 1.807) is 0 Å². The van der Waals surface area contributed by atoms with Crippen LogP contribution in [0.1, 0.15) is 34.4 Å². The van der Waals surface area contributed by atoms with E-state index < -0.39 is 108 Å². The number of rotatable bonds is 0. The lowest BCUT2D eigenvalue weighted by Crippen LogP contribution is -2.47. The van der Waals surface area contributed by atoms with Crippen LogP contribution in [0.2, 0.25) is 6.43 Å². The topological polar surface area (TPSA) is 30.9 Å². The molecular formula is C19H21ClN4. The molecule has 2 heterocycles. The summed E-state index contributed by atoms with van der Waals surface area (Å²) in [5, 5.41) is -0.388. The quantitative estimate of drug-likeness (QED) is 0.771. The van der Waals surface area contributed by atoms with Gasteiger partial charge in [-0.15, -0.1) is 0 Å². The normalized spacial score (nSPS) is 37.7. The van der Waals surface area contributed by atoms with Gasteiger partial charge >= 0.3 is 0 Å². The first kappa shape index (κ1) is 5.23. The van der Waals surface area contributed by atoms with Crippen LogP contribution in [0.25, 0.3) is 0 Å². The number of halogens is 1. The number of aliphatic imine (C=N–C) groups is 1. The fourth-order valence-electron chi connectivity index (χ4n) is 2.07. The number of hydrogen-bond acceptors (Lipinski definition) is 4. The number of nitrogens with zero attached hydrogens (tertiary/aromatic N) is 3. The second-order valence-electron chi connectivity index (χ2n) is 4.78. The third kappa shape index (κ3) is 2.87. The minimum Gasteiger partial charge on any atom is -0.353 e. The summed E-state index contributed by atoms with van der Waals surface area (Å²) in [4.78, 5) is 3.32. The lowest BCUT2D eigenvalue weighted by atomic mass is 10.1. The lowest BCUT2D eigenvalue weighted by molar-refractivity contribution is 0.216. The number of likely N-dealkylation sites (N-methyl/N-ethyl adjacent to an activating group) is 1. The highest BCUT2D eigenvalue weighted by atomic mass is 35.5. The Morgan fingerprint density at radius 2 is 2.00 bits per heavy atom. The van der Waals surface area contributed by atoms with Crippen molar-refractivity contribution < 1.29 is 24.7 Å². The molecule has 0 aliphatic carbocycles. The van der Waals surface area contributed by atoms with Crippen molar-refractivity contribution in [2.75, 3.05) is 38.3 Å². The molecule has 0 bridgehead atoms. The zero-order valence-electron chi connectivity index (χ0n) is 30.2. The summed E-state index contributed by atoms with van der Waals surface area (Å²) >= 11 is 6.05. The van der Waals surface area contributed by atoms with Crippen molar-refractivity contribution >= 4 is 34.5 Å². The maximum atomic E-state index is 8.76. The van der Waals surface area contributed by atoms with Crippen molar-refractivity contribution in [2.24, 2.45) is 4.99 Å². The summed E-state index contributed by atoms with van der Waals surface area (Å²) in [6.45, 7) is -17.9. The second kappa shape index (κ2) is 6.11. The molecule has 4 rings (SSSR count). The first-order valence-corrected chi connectivity index (χ1v) is 7.05. The Hall–Kier alpha value is -2.04. The third-order valence-corrected chi connectivity index (χ3v) is 3.27. The van der Waals surface area contributed by atoms with E-state index in [4.69, 9.17) is 36.3 Å². The van der Waals surface area contributed by atoms with Gasteiger partial charge in [0.25, 0.3) is 0 Å².